The minimum absolute atomic E-state index is 0.115. The second-order valence-electron chi connectivity index (χ2n) is 4.75. The van der Waals surface area contributed by atoms with E-state index in [9.17, 15) is 0 Å². The standard InChI is InChI=1S/C10H14ClN5/c1-10(2,3)8-13-14-9(11)16(8)7-5-12-15(4)6-7/h5-6H,1-4H3. The predicted molar refractivity (Wildman–Crippen MR) is 61.8 cm³/mol. The Bertz CT molecular complexity index is 506. The van der Waals surface area contributed by atoms with E-state index in [0.717, 1.165) is 11.5 Å². The third-order valence-corrected chi connectivity index (χ3v) is 2.49. The second-order valence-corrected chi connectivity index (χ2v) is 5.09. The first kappa shape index (κ1) is 11.1. The molecule has 0 saturated carbocycles. The average Bonchev–Trinajstić information content (AvgIpc) is 2.70. The summed E-state index contributed by atoms with van der Waals surface area (Å²) in [5.41, 5.74) is 0.762. The zero-order chi connectivity index (χ0) is 11.9. The highest BCUT2D eigenvalue weighted by atomic mass is 35.5. The summed E-state index contributed by atoms with van der Waals surface area (Å²) in [4.78, 5) is 0. The van der Waals surface area contributed by atoms with Crippen LogP contribution in [0.15, 0.2) is 12.4 Å². The molecule has 6 heteroatoms. The van der Waals surface area contributed by atoms with Crippen LogP contribution in [-0.2, 0) is 12.5 Å². The number of hydrogen-bond donors (Lipinski definition) is 0. The summed E-state index contributed by atoms with van der Waals surface area (Å²) in [7, 11) is 1.86. The third-order valence-electron chi connectivity index (χ3n) is 2.24. The van der Waals surface area contributed by atoms with E-state index in [0.29, 0.717) is 5.28 Å². The quantitative estimate of drug-likeness (QED) is 0.764. The fourth-order valence-corrected chi connectivity index (χ4v) is 1.72. The molecule has 0 aliphatic rings. The Hall–Kier alpha value is -1.36. The van der Waals surface area contributed by atoms with E-state index < -0.39 is 0 Å². The zero-order valence-electron chi connectivity index (χ0n) is 9.77. The van der Waals surface area contributed by atoms with Crippen LogP contribution < -0.4 is 0 Å². The number of halogens is 1. The van der Waals surface area contributed by atoms with Crippen molar-refractivity contribution in [3.63, 3.8) is 0 Å². The number of aromatic nitrogens is 5. The van der Waals surface area contributed by atoms with E-state index in [1.54, 1.807) is 10.9 Å². The van der Waals surface area contributed by atoms with E-state index in [2.05, 4.69) is 36.1 Å². The fourth-order valence-electron chi connectivity index (χ4n) is 1.50. The van der Waals surface area contributed by atoms with Gasteiger partial charge in [0.15, 0.2) is 0 Å². The molecule has 0 amide bonds. The van der Waals surface area contributed by atoms with Crippen molar-refractivity contribution in [1.82, 2.24) is 24.5 Å². The molecule has 0 atom stereocenters. The molecule has 0 radical (unpaired) electrons. The first-order valence-electron chi connectivity index (χ1n) is 5.00. The van der Waals surface area contributed by atoms with Crippen LogP contribution in [0.3, 0.4) is 0 Å². The van der Waals surface area contributed by atoms with E-state index in [-0.39, 0.29) is 5.41 Å². The molecule has 0 N–H and O–H groups in total. The maximum atomic E-state index is 6.05. The van der Waals surface area contributed by atoms with Crippen LogP contribution in [0.1, 0.15) is 26.6 Å². The van der Waals surface area contributed by atoms with Gasteiger partial charge in [0.1, 0.15) is 5.82 Å². The van der Waals surface area contributed by atoms with Crippen molar-refractivity contribution in [1.29, 1.82) is 0 Å². The Morgan fingerprint density at radius 3 is 2.44 bits per heavy atom. The molecule has 16 heavy (non-hydrogen) atoms. The van der Waals surface area contributed by atoms with E-state index in [1.807, 2.05) is 17.8 Å². The lowest BCUT2D eigenvalue weighted by Gasteiger charge is -2.17. The van der Waals surface area contributed by atoms with Crippen LogP contribution in [0.5, 0.6) is 0 Å². The van der Waals surface area contributed by atoms with E-state index >= 15 is 0 Å². The molecule has 0 spiro atoms. The summed E-state index contributed by atoms with van der Waals surface area (Å²) in [6, 6.07) is 0. The Morgan fingerprint density at radius 1 is 1.25 bits per heavy atom. The molecule has 0 aliphatic carbocycles. The highest BCUT2D eigenvalue weighted by Gasteiger charge is 2.24. The lowest BCUT2D eigenvalue weighted by atomic mass is 9.96. The Morgan fingerprint density at radius 2 is 1.94 bits per heavy atom. The van der Waals surface area contributed by atoms with Crippen molar-refractivity contribution in [2.45, 2.75) is 26.2 Å². The van der Waals surface area contributed by atoms with Gasteiger partial charge in [0.05, 0.1) is 11.9 Å². The number of rotatable bonds is 1. The normalized spacial score (nSPS) is 12.1. The second kappa shape index (κ2) is 3.59. The van der Waals surface area contributed by atoms with Crippen molar-refractivity contribution in [2.24, 2.45) is 7.05 Å². The van der Waals surface area contributed by atoms with Gasteiger partial charge in [-0.1, -0.05) is 20.8 Å². The highest BCUT2D eigenvalue weighted by Crippen LogP contribution is 2.25. The van der Waals surface area contributed by atoms with Gasteiger partial charge in [0.25, 0.3) is 0 Å². The Balaban J connectivity index is 2.60. The molecule has 2 aromatic heterocycles. The van der Waals surface area contributed by atoms with E-state index in [1.165, 1.54) is 0 Å². The van der Waals surface area contributed by atoms with Gasteiger partial charge >= 0.3 is 0 Å². The first-order chi connectivity index (χ1) is 7.39. The number of aryl methyl sites for hydroxylation is 1. The van der Waals surface area contributed by atoms with Crippen LogP contribution in [-0.4, -0.2) is 24.5 Å². The third kappa shape index (κ3) is 1.82. The van der Waals surface area contributed by atoms with Gasteiger partial charge in [-0.05, 0) is 11.6 Å². The van der Waals surface area contributed by atoms with Gasteiger partial charge in [-0.3, -0.25) is 9.25 Å². The number of hydrogen-bond acceptors (Lipinski definition) is 3. The molecule has 0 aliphatic heterocycles. The van der Waals surface area contributed by atoms with Gasteiger partial charge in [-0.25, -0.2) is 0 Å². The van der Waals surface area contributed by atoms with Gasteiger partial charge in [0, 0.05) is 18.7 Å². The summed E-state index contributed by atoms with van der Waals surface area (Å²) in [6.07, 6.45) is 3.62. The highest BCUT2D eigenvalue weighted by molar-refractivity contribution is 6.28. The van der Waals surface area contributed by atoms with Gasteiger partial charge in [-0.2, -0.15) is 5.10 Å². The molecular formula is C10H14ClN5. The van der Waals surface area contributed by atoms with Crippen molar-refractivity contribution < 1.29 is 0 Å². The molecule has 2 rings (SSSR count). The first-order valence-corrected chi connectivity index (χ1v) is 5.38. The zero-order valence-corrected chi connectivity index (χ0v) is 10.5. The molecule has 5 nitrogen and oxygen atoms in total. The van der Waals surface area contributed by atoms with Gasteiger partial charge in [-0.15, -0.1) is 10.2 Å². The molecular weight excluding hydrogens is 226 g/mol. The summed E-state index contributed by atoms with van der Waals surface area (Å²) in [5.74, 6) is 0.825. The minimum atomic E-state index is -0.115. The molecule has 2 heterocycles. The molecule has 0 aromatic carbocycles. The lowest BCUT2D eigenvalue weighted by Crippen LogP contribution is -2.18. The van der Waals surface area contributed by atoms with Crippen molar-refractivity contribution in [2.75, 3.05) is 0 Å². The van der Waals surface area contributed by atoms with Gasteiger partial charge < -0.3 is 0 Å². The maximum absolute atomic E-state index is 6.05. The Labute approximate surface area is 99.1 Å². The largest absolute Gasteiger partial charge is 0.274 e. The summed E-state index contributed by atoms with van der Waals surface area (Å²) < 4.78 is 3.53. The SMILES string of the molecule is Cn1cc(-n2c(Cl)nnc2C(C)(C)C)cn1. The van der Waals surface area contributed by atoms with Crippen LogP contribution in [0.25, 0.3) is 5.69 Å². The summed E-state index contributed by atoms with van der Waals surface area (Å²) in [5, 5.41) is 12.5. The molecule has 0 saturated heterocycles. The molecule has 2 aromatic rings. The van der Waals surface area contributed by atoms with Crippen LogP contribution >= 0.6 is 11.6 Å². The lowest BCUT2D eigenvalue weighted by molar-refractivity contribution is 0.533. The average molecular weight is 240 g/mol. The monoisotopic (exact) mass is 239 g/mol. The topological polar surface area (TPSA) is 48.5 Å². The molecule has 0 fully saturated rings. The minimum Gasteiger partial charge on any atom is -0.274 e. The van der Waals surface area contributed by atoms with Crippen LogP contribution in [0.4, 0.5) is 0 Å². The van der Waals surface area contributed by atoms with E-state index in [4.69, 9.17) is 11.6 Å². The molecule has 0 unspecified atom stereocenters. The van der Waals surface area contributed by atoms with Crippen molar-refractivity contribution in [3.05, 3.63) is 23.5 Å². The summed E-state index contributed by atoms with van der Waals surface area (Å²) in [6.45, 7) is 6.21. The number of nitrogens with zero attached hydrogens (tertiary/aromatic N) is 5. The van der Waals surface area contributed by atoms with Crippen LogP contribution in [0.2, 0.25) is 5.28 Å². The molecule has 86 valence electrons. The smallest absolute Gasteiger partial charge is 0.229 e. The van der Waals surface area contributed by atoms with Gasteiger partial charge in [0.2, 0.25) is 5.28 Å². The molecule has 0 bridgehead atoms. The fraction of sp³-hybridized carbons (Fsp3) is 0.500. The Kier molecular flexibility index (Phi) is 2.50. The maximum Gasteiger partial charge on any atom is 0.229 e. The van der Waals surface area contributed by atoms with Crippen LogP contribution in [0, 0.1) is 0 Å². The predicted octanol–water partition coefficient (Wildman–Crippen LogP) is 1.95. The van der Waals surface area contributed by atoms with Crippen molar-refractivity contribution >= 4 is 11.6 Å². The van der Waals surface area contributed by atoms with Crippen molar-refractivity contribution in [3.8, 4) is 5.69 Å². The summed E-state index contributed by atoms with van der Waals surface area (Å²) >= 11 is 6.05.